The Kier molecular flexibility index (Phi) is 5.77. The minimum Gasteiger partial charge on any atom is -0.496 e. The Balaban J connectivity index is 1.20. The van der Waals surface area contributed by atoms with E-state index in [9.17, 15) is 4.79 Å². The van der Waals surface area contributed by atoms with E-state index < -0.39 is 0 Å². The summed E-state index contributed by atoms with van der Waals surface area (Å²) in [4.78, 5) is 15.1. The minimum absolute atomic E-state index is 0.144. The molecule has 1 N–H and O–H groups in total. The number of nitrogens with zero attached hydrogens (tertiary/aromatic N) is 1. The molecule has 0 spiro atoms. The summed E-state index contributed by atoms with van der Waals surface area (Å²) < 4.78 is 5.95. The summed E-state index contributed by atoms with van der Waals surface area (Å²) in [7, 11) is 1.83. The Morgan fingerprint density at radius 2 is 1.51 bits per heavy atom. The fraction of sp³-hybridized carbons (Fsp3) is 0.485. The number of hydrogen-bond donors (Lipinski definition) is 1. The average Bonchev–Trinajstić information content (AvgIpc) is 3.21. The summed E-state index contributed by atoms with van der Waals surface area (Å²) in [6.07, 6.45) is 9.36. The van der Waals surface area contributed by atoms with Crippen LogP contribution in [0.4, 0.5) is 0 Å². The van der Waals surface area contributed by atoms with Gasteiger partial charge in [-0.15, -0.1) is 0 Å². The van der Waals surface area contributed by atoms with E-state index in [0.29, 0.717) is 5.41 Å². The van der Waals surface area contributed by atoms with E-state index in [1.54, 1.807) is 0 Å². The summed E-state index contributed by atoms with van der Waals surface area (Å²) >= 11 is 0. The van der Waals surface area contributed by atoms with Gasteiger partial charge in [-0.1, -0.05) is 24.3 Å². The Bertz CT molecular complexity index is 1300. The van der Waals surface area contributed by atoms with Crippen molar-refractivity contribution >= 4 is 16.7 Å². The molecule has 3 aromatic carbocycles. The lowest BCUT2D eigenvalue weighted by Crippen LogP contribution is -2.48. The van der Waals surface area contributed by atoms with Crippen LogP contribution < -0.4 is 10.1 Å². The summed E-state index contributed by atoms with van der Waals surface area (Å²) in [5.41, 5.74) is 5.03. The Morgan fingerprint density at radius 3 is 2.27 bits per heavy atom. The van der Waals surface area contributed by atoms with E-state index in [-0.39, 0.29) is 5.91 Å². The molecule has 4 aliphatic carbocycles. The molecule has 192 valence electrons. The first kappa shape index (κ1) is 23.3. The number of methoxy groups -OCH3 is 1. The lowest BCUT2D eigenvalue weighted by molar-refractivity contribution is -0.00613. The fourth-order valence-corrected chi connectivity index (χ4v) is 8.53. The van der Waals surface area contributed by atoms with Crippen molar-refractivity contribution in [1.82, 2.24) is 10.2 Å². The predicted molar refractivity (Wildman–Crippen MR) is 149 cm³/mol. The van der Waals surface area contributed by atoms with Gasteiger partial charge in [0.2, 0.25) is 0 Å². The van der Waals surface area contributed by atoms with Crippen LogP contribution in [0.5, 0.6) is 5.75 Å². The maximum atomic E-state index is 13.1. The highest BCUT2D eigenvalue weighted by Crippen LogP contribution is 2.62. The molecule has 0 atom stereocenters. The molecule has 1 heterocycles. The van der Waals surface area contributed by atoms with Crippen molar-refractivity contribution in [2.75, 3.05) is 33.3 Å². The van der Waals surface area contributed by atoms with Gasteiger partial charge in [-0.25, -0.2) is 0 Å². The Morgan fingerprint density at radius 1 is 0.838 bits per heavy atom. The second-order valence-corrected chi connectivity index (χ2v) is 12.3. The zero-order valence-corrected chi connectivity index (χ0v) is 22.0. The molecule has 1 saturated heterocycles. The first-order valence-corrected chi connectivity index (χ1v) is 14.3. The highest BCUT2D eigenvalue weighted by molar-refractivity contribution is 5.99. The molecule has 4 heteroatoms. The van der Waals surface area contributed by atoms with E-state index in [1.165, 1.54) is 60.6 Å². The van der Waals surface area contributed by atoms with Gasteiger partial charge in [0.05, 0.1) is 7.11 Å². The van der Waals surface area contributed by atoms with Crippen LogP contribution in [0, 0.1) is 17.8 Å². The molecule has 1 amide bonds. The lowest BCUT2D eigenvalue weighted by Gasteiger charge is -2.57. The third-order valence-corrected chi connectivity index (χ3v) is 9.86. The van der Waals surface area contributed by atoms with E-state index in [0.717, 1.165) is 67.1 Å². The molecule has 1 aliphatic heterocycles. The van der Waals surface area contributed by atoms with Crippen molar-refractivity contribution in [2.45, 2.75) is 50.4 Å². The predicted octanol–water partition coefficient (Wildman–Crippen LogP) is 6.42. The third kappa shape index (κ3) is 4.14. The largest absolute Gasteiger partial charge is 0.496 e. The van der Waals surface area contributed by atoms with Crippen LogP contribution in [0.1, 0.15) is 60.9 Å². The summed E-state index contributed by atoms with van der Waals surface area (Å²) in [5.74, 6) is 3.93. The minimum atomic E-state index is 0.144. The second-order valence-electron chi connectivity index (χ2n) is 12.3. The van der Waals surface area contributed by atoms with Gasteiger partial charge in [-0.2, -0.15) is 0 Å². The maximum Gasteiger partial charge on any atom is 0.253 e. The van der Waals surface area contributed by atoms with Crippen LogP contribution in [-0.2, 0) is 5.41 Å². The number of nitrogens with one attached hydrogen (secondary N) is 1. The maximum absolute atomic E-state index is 13.1. The van der Waals surface area contributed by atoms with Gasteiger partial charge in [0, 0.05) is 30.8 Å². The van der Waals surface area contributed by atoms with Crippen molar-refractivity contribution in [3.8, 4) is 16.9 Å². The van der Waals surface area contributed by atoms with Gasteiger partial charge < -0.3 is 15.0 Å². The molecule has 0 radical (unpaired) electrons. The zero-order valence-electron chi connectivity index (χ0n) is 22.0. The van der Waals surface area contributed by atoms with E-state index in [1.807, 2.05) is 18.1 Å². The average molecular weight is 495 g/mol. The monoisotopic (exact) mass is 494 g/mol. The number of rotatable bonds is 4. The second kappa shape index (κ2) is 9.16. The Hall–Kier alpha value is -2.85. The molecule has 0 unspecified atom stereocenters. The van der Waals surface area contributed by atoms with Crippen LogP contribution in [-0.4, -0.2) is 44.1 Å². The molecule has 5 aliphatic rings. The smallest absolute Gasteiger partial charge is 0.253 e. The first-order chi connectivity index (χ1) is 18.1. The zero-order chi connectivity index (χ0) is 25.0. The quantitative estimate of drug-likeness (QED) is 0.455. The van der Waals surface area contributed by atoms with Gasteiger partial charge in [0.1, 0.15) is 5.75 Å². The van der Waals surface area contributed by atoms with Crippen LogP contribution in [0.25, 0.3) is 21.9 Å². The summed E-state index contributed by atoms with van der Waals surface area (Å²) in [6.45, 7) is 3.46. The number of amides is 1. The molecule has 4 saturated carbocycles. The van der Waals surface area contributed by atoms with Crippen molar-refractivity contribution in [1.29, 1.82) is 0 Å². The van der Waals surface area contributed by atoms with Crippen LogP contribution in [0.15, 0.2) is 54.6 Å². The van der Waals surface area contributed by atoms with Crippen LogP contribution >= 0.6 is 0 Å². The van der Waals surface area contributed by atoms with Crippen molar-refractivity contribution in [2.24, 2.45) is 17.8 Å². The number of hydrogen-bond acceptors (Lipinski definition) is 3. The first-order valence-electron chi connectivity index (χ1n) is 14.3. The normalized spacial score (nSPS) is 28.9. The number of carbonyl (C=O) groups excluding carboxylic acids is 1. The number of fused-ring (bicyclic) bond motifs is 1. The van der Waals surface area contributed by atoms with E-state index >= 15 is 0 Å². The summed E-state index contributed by atoms with van der Waals surface area (Å²) in [6, 6.07) is 19.7. The standard InChI is InChI=1S/C33H38N2O2/c1-37-31-8-7-28(18-30(31)33-19-22-13-23(20-33)15-24(14-22)21-33)26-3-4-27-17-29(6-5-25(27)16-26)32(36)35-11-2-9-34-10-12-35/h3-8,16-18,22-24,34H,2,9-15,19-21H2,1H3. The SMILES string of the molecule is COc1ccc(-c2ccc3cc(C(=O)N4CCCNCC4)ccc3c2)cc1C12CC3CC(CC(C3)C1)C2. The molecule has 3 aromatic rings. The number of benzene rings is 3. The molecular formula is C33H38N2O2. The Labute approximate surface area is 220 Å². The molecule has 8 rings (SSSR count). The molecule has 4 bridgehead atoms. The van der Waals surface area contributed by atoms with E-state index in [2.05, 4.69) is 53.8 Å². The van der Waals surface area contributed by atoms with Crippen LogP contribution in [0.2, 0.25) is 0 Å². The lowest BCUT2D eigenvalue weighted by atomic mass is 9.48. The van der Waals surface area contributed by atoms with Gasteiger partial charge in [0.25, 0.3) is 5.91 Å². The highest BCUT2D eigenvalue weighted by atomic mass is 16.5. The molecule has 0 aromatic heterocycles. The van der Waals surface area contributed by atoms with Gasteiger partial charge in [0.15, 0.2) is 0 Å². The van der Waals surface area contributed by atoms with Gasteiger partial charge in [-0.3, -0.25) is 4.79 Å². The number of ether oxygens (including phenoxy) is 1. The van der Waals surface area contributed by atoms with Crippen molar-refractivity contribution in [3.05, 3.63) is 65.7 Å². The van der Waals surface area contributed by atoms with Crippen molar-refractivity contribution in [3.63, 3.8) is 0 Å². The number of carbonyl (C=O) groups is 1. The third-order valence-electron chi connectivity index (χ3n) is 9.86. The summed E-state index contributed by atoms with van der Waals surface area (Å²) in [5, 5.41) is 5.68. The van der Waals surface area contributed by atoms with Crippen LogP contribution in [0.3, 0.4) is 0 Å². The molecule has 5 fully saturated rings. The van der Waals surface area contributed by atoms with Gasteiger partial charge >= 0.3 is 0 Å². The van der Waals surface area contributed by atoms with Gasteiger partial charge in [-0.05, 0) is 127 Å². The fourth-order valence-electron chi connectivity index (χ4n) is 8.53. The highest BCUT2D eigenvalue weighted by Gasteiger charge is 2.52. The molecule has 4 nitrogen and oxygen atoms in total. The van der Waals surface area contributed by atoms with Crippen molar-refractivity contribution < 1.29 is 9.53 Å². The molecule has 37 heavy (non-hydrogen) atoms. The molecular weight excluding hydrogens is 456 g/mol. The van der Waals surface area contributed by atoms with E-state index in [4.69, 9.17) is 4.74 Å². The topological polar surface area (TPSA) is 41.6 Å².